The Hall–Kier alpha value is -4.02. The molecule has 4 rings (SSSR count). The van der Waals surface area contributed by atoms with Crippen LogP contribution in [0, 0.1) is 6.92 Å². The van der Waals surface area contributed by atoms with Crippen LogP contribution in [-0.2, 0) is 4.74 Å². The Labute approximate surface area is 196 Å². The minimum Gasteiger partial charge on any atom is -0.481 e. The maximum atomic E-state index is 13.6. The third-order valence-electron chi connectivity index (χ3n) is 5.79. The van der Waals surface area contributed by atoms with Gasteiger partial charge in [0, 0.05) is 18.3 Å². The zero-order valence-corrected chi connectivity index (χ0v) is 19.5. The molecule has 0 aromatic carbocycles. The molecule has 2 atom stereocenters. The highest BCUT2D eigenvalue weighted by molar-refractivity contribution is 5.97. The summed E-state index contributed by atoms with van der Waals surface area (Å²) >= 11 is 0. The summed E-state index contributed by atoms with van der Waals surface area (Å²) in [6, 6.07) is 4.97. The largest absolute Gasteiger partial charge is 0.481 e. The topological polar surface area (TPSA) is 122 Å². The van der Waals surface area contributed by atoms with Gasteiger partial charge in [0.1, 0.15) is 11.7 Å². The Morgan fingerprint density at radius 3 is 2.53 bits per heavy atom. The summed E-state index contributed by atoms with van der Waals surface area (Å²) in [5.41, 5.74) is 1.33. The van der Waals surface area contributed by atoms with Crippen LogP contribution in [0.15, 0.2) is 36.8 Å². The molecule has 0 spiro atoms. The number of aryl methyl sites for hydroxylation is 1. The monoisotopic (exact) mass is 466 g/mol. The van der Waals surface area contributed by atoms with Gasteiger partial charge in [0.2, 0.25) is 11.8 Å². The summed E-state index contributed by atoms with van der Waals surface area (Å²) in [5.74, 6) is 0.0777. The lowest BCUT2D eigenvalue weighted by atomic mass is 10.00. The molecule has 11 nitrogen and oxygen atoms in total. The van der Waals surface area contributed by atoms with E-state index < -0.39 is 5.97 Å². The molecular formula is C23H26N6O5. The first-order valence-corrected chi connectivity index (χ1v) is 10.9. The van der Waals surface area contributed by atoms with Crippen LogP contribution < -0.4 is 9.47 Å². The number of rotatable bonds is 6. The molecular weight excluding hydrogens is 440 g/mol. The number of likely N-dealkylation sites (tertiary alicyclic amines) is 1. The summed E-state index contributed by atoms with van der Waals surface area (Å²) in [5, 5.41) is 8.24. The van der Waals surface area contributed by atoms with Gasteiger partial charge in [-0.1, -0.05) is 0 Å². The molecule has 0 saturated carbocycles. The number of pyridine rings is 2. The van der Waals surface area contributed by atoms with Gasteiger partial charge in [-0.15, -0.1) is 4.80 Å². The van der Waals surface area contributed by atoms with Crippen LogP contribution in [0.25, 0.3) is 5.82 Å². The molecule has 0 radical (unpaired) electrons. The van der Waals surface area contributed by atoms with Gasteiger partial charge in [0.25, 0.3) is 5.91 Å². The number of piperidine rings is 1. The lowest BCUT2D eigenvalue weighted by molar-refractivity contribution is 0.0358. The first kappa shape index (κ1) is 23.1. The molecule has 1 aliphatic rings. The third-order valence-corrected chi connectivity index (χ3v) is 5.79. The number of hydrogen-bond donors (Lipinski definition) is 0. The molecule has 1 fully saturated rings. The molecule has 4 heterocycles. The van der Waals surface area contributed by atoms with Crippen LogP contribution in [0.5, 0.6) is 11.8 Å². The van der Waals surface area contributed by atoms with E-state index in [4.69, 9.17) is 14.2 Å². The average molecular weight is 466 g/mol. The maximum absolute atomic E-state index is 13.6. The standard InChI is InChI=1S/C23H26N6O5/c1-14-9-10-24-21(19(14)23(31)33-4)34-16-6-5-15(2)28(13-16)22(30)17-7-8-18(32-3)27-20(17)29-25-11-12-26-29/h7-12,15-16H,5-6,13H2,1-4H3/t15-,16?/m1/s1. The Kier molecular flexibility index (Phi) is 6.71. The molecule has 1 saturated heterocycles. The van der Waals surface area contributed by atoms with Crippen LogP contribution in [-0.4, -0.2) is 74.6 Å². The number of ether oxygens (including phenoxy) is 3. The van der Waals surface area contributed by atoms with Gasteiger partial charge in [-0.3, -0.25) is 4.79 Å². The summed E-state index contributed by atoms with van der Waals surface area (Å²) in [7, 11) is 2.82. The van der Waals surface area contributed by atoms with Gasteiger partial charge in [-0.2, -0.15) is 15.2 Å². The van der Waals surface area contributed by atoms with Crippen molar-refractivity contribution in [3.63, 3.8) is 0 Å². The Morgan fingerprint density at radius 1 is 1.06 bits per heavy atom. The summed E-state index contributed by atoms with van der Waals surface area (Å²) in [6.45, 7) is 4.09. The summed E-state index contributed by atoms with van der Waals surface area (Å²) in [4.78, 5) is 37.6. The van der Waals surface area contributed by atoms with Crippen molar-refractivity contribution >= 4 is 11.9 Å². The van der Waals surface area contributed by atoms with E-state index in [1.54, 1.807) is 36.2 Å². The number of methoxy groups -OCH3 is 2. The van der Waals surface area contributed by atoms with Gasteiger partial charge >= 0.3 is 5.97 Å². The smallest absolute Gasteiger partial charge is 0.343 e. The van der Waals surface area contributed by atoms with Gasteiger partial charge < -0.3 is 19.1 Å². The average Bonchev–Trinajstić information content (AvgIpc) is 3.39. The zero-order chi connectivity index (χ0) is 24.2. The number of carbonyl (C=O) groups is 2. The van der Waals surface area contributed by atoms with E-state index in [1.165, 1.54) is 31.4 Å². The van der Waals surface area contributed by atoms with E-state index in [9.17, 15) is 9.59 Å². The number of esters is 1. The quantitative estimate of drug-likeness (QED) is 0.503. The molecule has 11 heteroatoms. The highest BCUT2D eigenvalue weighted by atomic mass is 16.5. The van der Waals surface area contributed by atoms with Crippen LogP contribution in [0.4, 0.5) is 0 Å². The summed E-state index contributed by atoms with van der Waals surface area (Å²) in [6.07, 6.45) is 5.67. The molecule has 178 valence electrons. The third kappa shape index (κ3) is 4.54. The molecule has 1 unspecified atom stereocenters. The van der Waals surface area contributed by atoms with Crippen molar-refractivity contribution in [1.82, 2.24) is 29.9 Å². The lowest BCUT2D eigenvalue weighted by Crippen LogP contribution is -2.49. The van der Waals surface area contributed by atoms with E-state index in [-0.39, 0.29) is 35.3 Å². The number of carbonyl (C=O) groups excluding carboxylic acids is 2. The molecule has 34 heavy (non-hydrogen) atoms. The van der Waals surface area contributed by atoms with E-state index in [1.807, 2.05) is 6.92 Å². The molecule has 0 N–H and O–H groups in total. The number of hydrogen-bond acceptors (Lipinski definition) is 9. The van der Waals surface area contributed by atoms with Gasteiger partial charge in [-0.25, -0.2) is 9.78 Å². The number of aromatic nitrogens is 5. The second kappa shape index (κ2) is 9.86. The number of amides is 1. The first-order chi connectivity index (χ1) is 16.4. The maximum Gasteiger partial charge on any atom is 0.343 e. The normalized spacial score (nSPS) is 17.8. The fourth-order valence-corrected chi connectivity index (χ4v) is 3.93. The van der Waals surface area contributed by atoms with Crippen LogP contribution >= 0.6 is 0 Å². The SMILES string of the molecule is COC(=O)c1c(C)ccnc1OC1CC[C@@H](C)N(C(=O)c2ccc(OC)nc2-n2nccn2)C1. The molecule has 1 amide bonds. The van der Waals surface area contributed by atoms with Gasteiger partial charge in [0.15, 0.2) is 5.82 Å². The Balaban J connectivity index is 1.60. The molecule has 3 aromatic rings. The molecule has 0 aliphatic carbocycles. The van der Waals surface area contributed by atoms with Crippen molar-refractivity contribution < 1.29 is 23.8 Å². The van der Waals surface area contributed by atoms with E-state index in [0.717, 1.165) is 0 Å². The predicted octanol–water partition coefficient (Wildman–Crippen LogP) is 2.23. The fraction of sp³-hybridized carbons (Fsp3) is 0.391. The molecule has 0 bridgehead atoms. The number of nitrogens with zero attached hydrogens (tertiary/aromatic N) is 6. The highest BCUT2D eigenvalue weighted by Gasteiger charge is 2.33. The lowest BCUT2D eigenvalue weighted by Gasteiger charge is -2.38. The van der Waals surface area contributed by atoms with Crippen LogP contribution in [0.3, 0.4) is 0 Å². The van der Waals surface area contributed by atoms with E-state index >= 15 is 0 Å². The Morgan fingerprint density at radius 2 is 1.82 bits per heavy atom. The van der Waals surface area contributed by atoms with Crippen molar-refractivity contribution in [2.75, 3.05) is 20.8 Å². The second-order valence-corrected chi connectivity index (χ2v) is 7.97. The minimum absolute atomic E-state index is 0.0292. The van der Waals surface area contributed by atoms with Gasteiger partial charge in [0.05, 0.1) is 38.7 Å². The zero-order valence-electron chi connectivity index (χ0n) is 19.5. The second-order valence-electron chi connectivity index (χ2n) is 7.97. The summed E-state index contributed by atoms with van der Waals surface area (Å²) < 4.78 is 16.2. The van der Waals surface area contributed by atoms with Crippen LogP contribution in [0.2, 0.25) is 0 Å². The predicted molar refractivity (Wildman–Crippen MR) is 120 cm³/mol. The van der Waals surface area contributed by atoms with Crippen molar-refractivity contribution in [3.8, 4) is 17.6 Å². The fourth-order valence-electron chi connectivity index (χ4n) is 3.93. The highest BCUT2D eigenvalue weighted by Crippen LogP contribution is 2.27. The Bertz CT molecular complexity index is 1180. The van der Waals surface area contributed by atoms with E-state index in [2.05, 4.69) is 20.2 Å². The molecule has 3 aromatic heterocycles. The van der Waals surface area contributed by atoms with E-state index in [0.29, 0.717) is 36.4 Å². The minimum atomic E-state index is -0.515. The van der Waals surface area contributed by atoms with Crippen molar-refractivity contribution in [2.45, 2.75) is 38.8 Å². The van der Waals surface area contributed by atoms with Crippen LogP contribution in [0.1, 0.15) is 46.0 Å². The first-order valence-electron chi connectivity index (χ1n) is 10.9. The van der Waals surface area contributed by atoms with Gasteiger partial charge in [-0.05, 0) is 44.4 Å². The van der Waals surface area contributed by atoms with Crippen molar-refractivity contribution in [3.05, 3.63) is 53.5 Å². The molecule has 1 aliphatic heterocycles. The van der Waals surface area contributed by atoms with Crippen molar-refractivity contribution in [1.29, 1.82) is 0 Å². The van der Waals surface area contributed by atoms with Crippen molar-refractivity contribution in [2.24, 2.45) is 0 Å².